The second kappa shape index (κ2) is 8.24. The molecular weight excluding hydrogens is 346 g/mol. The fraction of sp³-hybridized carbons (Fsp3) is 0.440. The molecular formula is C25H31NS. The molecule has 27 heavy (non-hydrogen) atoms. The zero-order chi connectivity index (χ0) is 18.8. The molecule has 0 fully saturated rings. The molecule has 0 aliphatic heterocycles. The maximum Gasteiger partial charge on any atom is 0.0525 e. The quantitative estimate of drug-likeness (QED) is 0.356. The van der Waals surface area contributed by atoms with Gasteiger partial charge in [-0.15, -0.1) is 11.8 Å². The van der Waals surface area contributed by atoms with Crippen molar-refractivity contribution in [3.05, 3.63) is 70.3 Å². The van der Waals surface area contributed by atoms with Crippen molar-refractivity contribution in [3.8, 4) is 0 Å². The van der Waals surface area contributed by atoms with E-state index in [1.165, 1.54) is 60.1 Å². The van der Waals surface area contributed by atoms with Crippen LogP contribution in [0.25, 0.3) is 6.08 Å². The molecule has 142 valence electrons. The summed E-state index contributed by atoms with van der Waals surface area (Å²) in [6.07, 6.45) is 19.8. The molecule has 0 heterocycles. The van der Waals surface area contributed by atoms with Crippen molar-refractivity contribution >= 4 is 17.8 Å². The lowest BCUT2D eigenvalue weighted by Gasteiger charge is -2.28. The molecule has 0 radical (unpaired) electrons. The third-order valence-electron chi connectivity index (χ3n) is 6.17. The fourth-order valence-electron chi connectivity index (χ4n) is 4.77. The van der Waals surface area contributed by atoms with Gasteiger partial charge in [-0.25, -0.2) is 0 Å². The number of fused-ring (bicyclic) bond motifs is 1. The number of thioether (sulfide) groups is 1. The highest BCUT2D eigenvalue weighted by atomic mass is 32.2. The summed E-state index contributed by atoms with van der Waals surface area (Å²) in [5, 5.41) is 0.116. The van der Waals surface area contributed by atoms with Gasteiger partial charge in [0.25, 0.3) is 0 Å². The van der Waals surface area contributed by atoms with Gasteiger partial charge in [0.1, 0.15) is 0 Å². The van der Waals surface area contributed by atoms with Crippen LogP contribution >= 0.6 is 11.8 Å². The Labute approximate surface area is 168 Å². The number of rotatable bonds is 3. The molecule has 2 N–H and O–H groups in total. The smallest absolute Gasteiger partial charge is 0.0525 e. The van der Waals surface area contributed by atoms with Gasteiger partial charge in [-0.05, 0) is 86.6 Å². The molecule has 4 rings (SSSR count). The molecule has 0 saturated heterocycles. The number of hydrogen-bond acceptors (Lipinski definition) is 2. The average Bonchev–Trinajstić information content (AvgIpc) is 2.82. The SMILES string of the molecule is Cc1ccc(/C=C2\C3=C(CCC=C3)CCC3CCC=CC23)cc1SC(C)N. The minimum atomic E-state index is 0.116. The lowest BCUT2D eigenvalue weighted by Crippen LogP contribution is -2.17. The Morgan fingerprint density at radius 3 is 2.89 bits per heavy atom. The van der Waals surface area contributed by atoms with Gasteiger partial charge in [-0.1, -0.05) is 48.1 Å². The van der Waals surface area contributed by atoms with E-state index in [9.17, 15) is 0 Å². The number of benzene rings is 1. The molecule has 1 aromatic rings. The van der Waals surface area contributed by atoms with Crippen molar-refractivity contribution in [1.29, 1.82) is 0 Å². The van der Waals surface area contributed by atoms with Crippen molar-refractivity contribution in [2.24, 2.45) is 17.6 Å². The molecule has 1 nitrogen and oxygen atoms in total. The molecule has 1 aromatic carbocycles. The molecule has 0 bridgehead atoms. The van der Waals surface area contributed by atoms with Crippen LogP contribution in [0.2, 0.25) is 0 Å². The van der Waals surface area contributed by atoms with Gasteiger partial charge in [-0.3, -0.25) is 0 Å². The Kier molecular flexibility index (Phi) is 5.75. The lowest BCUT2D eigenvalue weighted by atomic mass is 9.76. The summed E-state index contributed by atoms with van der Waals surface area (Å²) in [5.41, 5.74) is 13.4. The van der Waals surface area contributed by atoms with E-state index in [0.717, 1.165) is 5.92 Å². The maximum absolute atomic E-state index is 6.04. The third-order valence-corrected chi connectivity index (χ3v) is 7.23. The van der Waals surface area contributed by atoms with Gasteiger partial charge in [0.2, 0.25) is 0 Å². The van der Waals surface area contributed by atoms with Crippen LogP contribution in [-0.4, -0.2) is 5.37 Å². The molecule has 0 spiro atoms. The zero-order valence-corrected chi connectivity index (χ0v) is 17.4. The van der Waals surface area contributed by atoms with E-state index in [0.29, 0.717) is 5.92 Å². The van der Waals surface area contributed by atoms with E-state index in [2.05, 4.69) is 62.4 Å². The molecule has 2 heteroatoms. The Morgan fingerprint density at radius 1 is 1.15 bits per heavy atom. The topological polar surface area (TPSA) is 26.0 Å². The van der Waals surface area contributed by atoms with Crippen LogP contribution in [0.1, 0.15) is 56.6 Å². The minimum absolute atomic E-state index is 0.116. The molecule has 0 saturated carbocycles. The van der Waals surface area contributed by atoms with Gasteiger partial charge in [-0.2, -0.15) is 0 Å². The fourth-order valence-corrected chi connectivity index (χ4v) is 5.63. The summed E-state index contributed by atoms with van der Waals surface area (Å²) in [5.74, 6) is 1.36. The first kappa shape index (κ1) is 18.8. The van der Waals surface area contributed by atoms with E-state index in [1.807, 2.05) is 0 Å². The van der Waals surface area contributed by atoms with Crippen LogP contribution in [0.15, 0.2) is 64.1 Å². The molecule has 0 aromatic heterocycles. The van der Waals surface area contributed by atoms with Crippen LogP contribution in [-0.2, 0) is 0 Å². The number of nitrogens with two attached hydrogens (primary N) is 1. The predicted octanol–water partition coefficient (Wildman–Crippen LogP) is 6.80. The molecule has 3 aliphatic rings. The summed E-state index contributed by atoms with van der Waals surface area (Å²) >= 11 is 1.76. The third kappa shape index (κ3) is 4.17. The van der Waals surface area contributed by atoms with Gasteiger partial charge in [0.15, 0.2) is 0 Å². The van der Waals surface area contributed by atoms with Gasteiger partial charge in [0.05, 0.1) is 5.37 Å². The summed E-state index contributed by atoms with van der Waals surface area (Å²) in [6, 6.07) is 6.84. The molecule has 0 amide bonds. The Balaban J connectivity index is 1.78. The first-order valence-electron chi connectivity index (χ1n) is 10.4. The minimum Gasteiger partial charge on any atom is -0.319 e. The highest BCUT2D eigenvalue weighted by Gasteiger charge is 2.30. The van der Waals surface area contributed by atoms with Gasteiger partial charge >= 0.3 is 0 Å². The monoisotopic (exact) mass is 377 g/mol. The van der Waals surface area contributed by atoms with Crippen LogP contribution in [0.4, 0.5) is 0 Å². The zero-order valence-electron chi connectivity index (χ0n) is 16.6. The second-order valence-corrected chi connectivity index (χ2v) is 9.65. The van der Waals surface area contributed by atoms with E-state index in [4.69, 9.17) is 5.73 Å². The van der Waals surface area contributed by atoms with E-state index in [1.54, 1.807) is 22.9 Å². The first-order chi connectivity index (χ1) is 13.1. The Bertz CT molecular complexity index is 825. The largest absolute Gasteiger partial charge is 0.319 e. The van der Waals surface area contributed by atoms with Crippen molar-refractivity contribution in [1.82, 2.24) is 0 Å². The summed E-state index contributed by atoms with van der Waals surface area (Å²) < 4.78 is 0. The standard InChI is InChI=1S/C25H31NS/c1-17-11-12-19(16-25(17)27-18(2)26)15-24-22-9-5-3-7-20(22)13-14-21-8-4-6-10-23(21)24/h5-6,9-12,15-16,18,20,22H,3-4,7-8,13-14,26H2,1-2H3/b24-15-. The van der Waals surface area contributed by atoms with Crippen molar-refractivity contribution in [3.63, 3.8) is 0 Å². The second-order valence-electron chi connectivity index (χ2n) is 8.24. The Hall–Kier alpha value is -1.51. The van der Waals surface area contributed by atoms with Gasteiger partial charge in [0, 0.05) is 10.8 Å². The summed E-state index contributed by atoms with van der Waals surface area (Å²) in [7, 11) is 0. The number of hydrogen-bond donors (Lipinski definition) is 1. The van der Waals surface area contributed by atoms with Crippen LogP contribution in [0.3, 0.4) is 0 Å². The molecule has 3 unspecified atom stereocenters. The van der Waals surface area contributed by atoms with Crippen LogP contribution in [0.5, 0.6) is 0 Å². The highest BCUT2D eigenvalue weighted by molar-refractivity contribution is 7.99. The summed E-state index contributed by atoms with van der Waals surface area (Å²) in [4.78, 5) is 1.30. The molecule has 3 aliphatic carbocycles. The normalized spacial score (nSPS) is 27.3. The molecule has 3 atom stereocenters. The van der Waals surface area contributed by atoms with E-state index in [-0.39, 0.29) is 5.37 Å². The van der Waals surface area contributed by atoms with Crippen molar-refractivity contribution in [2.75, 3.05) is 0 Å². The van der Waals surface area contributed by atoms with E-state index >= 15 is 0 Å². The average molecular weight is 378 g/mol. The maximum atomic E-state index is 6.04. The van der Waals surface area contributed by atoms with Crippen molar-refractivity contribution in [2.45, 2.75) is 62.6 Å². The van der Waals surface area contributed by atoms with E-state index < -0.39 is 0 Å². The van der Waals surface area contributed by atoms with Crippen LogP contribution in [0, 0.1) is 18.8 Å². The Morgan fingerprint density at radius 2 is 2.04 bits per heavy atom. The van der Waals surface area contributed by atoms with Crippen LogP contribution < -0.4 is 5.73 Å². The lowest BCUT2D eigenvalue weighted by molar-refractivity contribution is 0.378. The number of allylic oxidation sites excluding steroid dienone is 7. The number of aryl methyl sites for hydroxylation is 1. The highest BCUT2D eigenvalue weighted by Crippen LogP contribution is 2.45. The van der Waals surface area contributed by atoms with Crippen molar-refractivity contribution < 1.29 is 0 Å². The summed E-state index contributed by atoms with van der Waals surface area (Å²) in [6.45, 7) is 4.24. The van der Waals surface area contributed by atoms with Gasteiger partial charge < -0.3 is 5.73 Å². The first-order valence-corrected chi connectivity index (χ1v) is 11.3. The predicted molar refractivity (Wildman–Crippen MR) is 119 cm³/mol.